The van der Waals surface area contributed by atoms with E-state index in [1.807, 2.05) is 24.3 Å². The fourth-order valence-electron chi connectivity index (χ4n) is 1.75. The highest BCUT2D eigenvalue weighted by molar-refractivity contribution is 9.10. The van der Waals surface area contributed by atoms with Gasteiger partial charge in [0, 0.05) is 10.5 Å². The van der Waals surface area contributed by atoms with E-state index in [-0.39, 0.29) is 6.04 Å². The fraction of sp³-hybridized carbons (Fsp3) is 0.364. The van der Waals surface area contributed by atoms with Crippen molar-refractivity contribution in [3.8, 4) is 0 Å². The van der Waals surface area contributed by atoms with Gasteiger partial charge in [-0.15, -0.1) is 0 Å². The van der Waals surface area contributed by atoms with Crippen LogP contribution in [0.4, 0.5) is 10.5 Å². The number of rotatable bonds is 2. The van der Waals surface area contributed by atoms with Crippen LogP contribution in [0.5, 0.6) is 0 Å². The van der Waals surface area contributed by atoms with Crippen LogP contribution >= 0.6 is 15.9 Å². The summed E-state index contributed by atoms with van der Waals surface area (Å²) in [6.45, 7) is 0. The highest BCUT2D eigenvalue weighted by atomic mass is 79.9. The molecule has 3 nitrogen and oxygen atoms in total. The second-order valence-electron chi connectivity index (χ2n) is 3.69. The Bertz CT molecular complexity index is 377. The van der Waals surface area contributed by atoms with Crippen molar-refractivity contribution in [2.24, 2.45) is 0 Å². The highest BCUT2D eigenvalue weighted by Gasteiger charge is 2.30. The molecule has 1 aliphatic carbocycles. The topological polar surface area (TPSA) is 40.5 Å². The number of hydrogen-bond donors (Lipinski definition) is 1. The Morgan fingerprint density at radius 3 is 2.53 bits per heavy atom. The lowest BCUT2D eigenvalue weighted by Crippen LogP contribution is -2.43. The monoisotopic (exact) mass is 269 g/mol. The van der Waals surface area contributed by atoms with Gasteiger partial charge in [0.25, 0.3) is 0 Å². The molecule has 0 spiro atoms. The number of nitrogens with zero attached hydrogens (tertiary/aromatic N) is 1. The maximum absolute atomic E-state index is 11.2. The molecule has 15 heavy (non-hydrogen) atoms. The zero-order valence-corrected chi connectivity index (χ0v) is 9.77. The van der Waals surface area contributed by atoms with Crippen LogP contribution in [-0.4, -0.2) is 17.2 Å². The van der Waals surface area contributed by atoms with Crippen LogP contribution in [-0.2, 0) is 0 Å². The molecule has 1 fully saturated rings. The first-order valence-corrected chi connectivity index (χ1v) is 5.76. The molecule has 80 valence electrons. The van der Waals surface area contributed by atoms with Gasteiger partial charge in [-0.2, -0.15) is 0 Å². The van der Waals surface area contributed by atoms with E-state index in [2.05, 4.69) is 15.9 Å². The minimum absolute atomic E-state index is 0.154. The normalized spacial score (nSPS) is 15.8. The van der Waals surface area contributed by atoms with Gasteiger partial charge in [0.2, 0.25) is 0 Å². The number of carbonyl (C=O) groups is 1. The van der Waals surface area contributed by atoms with Crippen LogP contribution in [0, 0.1) is 0 Å². The molecule has 1 amide bonds. The quantitative estimate of drug-likeness (QED) is 0.893. The van der Waals surface area contributed by atoms with Crippen LogP contribution in [0.15, 0.2) is 28.7 Å². The molecule has 0 atom stereocenters. The number of para-hydroxylation sites is 1. The summed E-state index contributed by atoms with van der Waals surface area (Å²) in [5, 5.41) is 9.19. The van der Waals surface area contributed by atoms with Crippen molar-refractivity contribution in [2.45, 2.75) is 25.3 Å². The number of anilines is 1. The second-order valence-corrected chi connectivity index (χ2v) is 4.54. The zero-order valence-electron chi connectivity index (χ0n) is 8.19. The Hall–Kier alpha value is -1.03. The van der Waals surface area contributed by atoms with Crippen LogP contribution in [0.25, 0.3) is 0 Å². The maximum atomic E-state index is 11.2. The van der Waals surface area contributed by atoms with Crippen molar-refractivity contribution in [2.75, 3.05) is 4.90 Å². The predicted molar refractivity (Wildman–Crippen MR) is 62.3 cm³/mol. The van der Waals surface area contributed by atoms with E-state index in [1.54, 1.807) is 0 Å². The summed E-state index contributed by atoms with van der Waals surface area (Å²) in [6, 6.07) is 7.59. The summed E-state index contributed by atoms with van der Waals surface area (Å²) in [7, 11) is 0. The lowest BCUT2D eigenvalue weighted by atomic mass is 9.91. The van der Waals surface area contributed by atoms with Gasteiger partial charge in [0.1, 0.15) is 0 Å². The molecule has 1 aromatic rings. The van der Waals surface area contributed by atoms with Crippen molar-refractivity contribution < 1.29 is 9.90 Å². The minimum atomic E-state index is -0.869. The van der Waals surface area contributed by atoms with Gasteiger partial charge in [-0.25, -0.2) is 4.79 Å². The Labute approximate surface area is 96.8 Å². The number of hydrogen-bond acceptors (Lipinski definition) is 1. The van der Waals surface area contributed by atoms with Crippen molar-refractivity contribution in [1.82, 2.24) is 0 Å². The molecule has 0 heterocycles. The summed E-state index contributed by atoms with van der Waals surface area (Å²) in [4.78, 5) is 12.7. The summed E-state index contributed by atoms with van der Waals surface area (Å²) in [6.07, 6.45) is 2.19. The Kier molecular flexibility index (Phi) is 2.95. The van der Waals surface area contributed by atoms with Crippen LogP contribution in [0.1, 0.15) is 19.3 Å². The van der Waals surface area contributed by atoms with E-state index >= 15 is 0 Å². The fourth-order valence-corrected chi connectivity index (χ4v) is 2.22. The summed E-state index contributed by atoms with van der Waals surface area (Å²) in [5.41, 5.74) is 0.745. The Balaban J connectivity index is 2.32. The minimum Gasteiger partial charge on any atom is -0.465 e. The van der Waals surface area contributed by atoms with Crippen molar-refractivity contribution >= 4 is 27.7 Å². The Morgan fingerprint density at radius 1 is 1.40 bits per heavy atom. The van der Waals surface area contributed by atoms with Gasteiger partial charge in [-0.1, -0.05) is 12.1 Å². The van der Waals surface area contributed by atoms with Crippen LogP contribution in [0.2, 0.25) is 0 Å². The maximum Gasteiger partial charge on any atom is 0.412 e. The molecular weight excluding hydrogens is 258 g/mol. The number of amides is 1. The van der Waals surface area contributed by atoms with E-state index < -0.39 is 6.09 Å². The van der Waals surface area contributed by atoms with E-state index in [9.17, 15) is 9.90 Å². The van der Waals surface area contributed by atoms with Gasteiger partial charge in [0.15, 0.2) is 0 Å². The van der Waals surface area contributed by atoms with Gasteiger partial charge in [-0.3, -0.25) is 4.90 Å². The molecular formula is C11H12BrNO2. The van der Waals surface area contributed by atoms with Gasteiger partial charge in [0.05, 0.1) is 5.69 Å². The standard InChI is InChI=1S/C11H12BrNO2/c12-9-6-1-2-7-10(9)13(11(14)15)8-4-3-5-8/h1-2,6-8H,3-5H2,(H,14,15). The molecule has 0 radical (unpaired) electrons. The van der Waals surface area contributed by atoms with E-state index in [0.717, 1.165) is 29.4 Å². The van der Waals surface area contributed by atoms with Crippen LogP contribution in [0.3, 0.4) is 0 Å². The summed E-state index contributed by atoms with van der Waals surface area (Å²) in [5.74, 6) is 0. The summed E-state index contributed by atoms with van der Waals surface area (Å²) >= 11 is 3.38. The average Bonchev–Trinajstić information content (AvgIpc) is 2.12. The van der Waals surface area contributed by atoms with Crippen LogP contribution < -0.4 is 4.90 Å². The first kappa shape index (κ1) is 10.5. The molecule has 1 saturated carbocycles. The number of carboxylic acid groups (broad SMARTS) is 1. The van der Waals surface area contributed by atoms with Gasteiger partial charge < -0.3 is 5.11 Å². The molecule has 1 aliphatic rings. The molecule has 0 saturated heterocycles. The molecule has 4 heteroatoms. The van der Waals surface area contributed by atoms with E-state index in [4.69, 9.17) is 0 Å². The predicted octanol–water partition coefficient (Wildman–Crippen LogP) is 3.49. The van der Waals surface area contributed by atoms with Gasteiger partial charge >= 0.3 is 6.09 Å². The average molecular weight is 270 g/mol. The SMILES string of the molecule is O=C(O)N(c1ccccc1Br)C1CCC1. The molecule has 1 N–H and O–H groups in total. The zero-order chi connectivity index (χ0) is 10.8. The molecule has 0 unspecified atom stereocenters. The Morgan fingerprint density at radius 2 is 2.07 bits per heavy atom. The third-order valence-electron chi connectivity index (χ3n) is 2.76. The van der Waals surface area contributed by atoms with Crippen molar-refractivity contribution in [3.63, 3.8) is 0 Å². The lowest BCUT2D eigenvalue weighted by Gasteiger charge is -2.35. The molecule has 0 bridgehead atoms. The molecule has 1 aromatic carbocycles. The van der Waals surface area contributed by atoms with E-state index in [1.165, 1.54) is 4.90 Å². The highest BCUT2D eigenvalue weighted by Crippen LogP contribution is 2.33. The first-order chi connectivity index (χ1) is 7.20. The molecule has 2 rings (SSSR count). The van der Waals surface area contributed by atoms with Gasteiger partial charge in [-0.05, 0) is 47.3 Å². The molecule has 0 aromatic heterocycles. The summed E-state index contributed by atoms with van der Waals surface area (Å²) < 4.78 is 0.833. The lowest BCUT2D eigenvalue weighted by molar-refractivity contribution is 0.194. The first-order valence-electron chi connectivity index (χ1n) is 4.97. The van der Waals surface area contributed by atoms with E-state index in [0.29, 0.717) is 0 Å². The number of halogens is 1. The smallest absolute Gasteiger partial charge is 0.412 e. The third-order valence-corrected chi connectivity index (χ3v) is 3.43. The molecule has 0 aliphatic heterocycles. The second kappa shape index (κ2) is 4.23. The number of benzene rings is 1. The largest absolute Gasteiger partial charge is 0.465 e. The third kappa shape index (κ3) is 2.00. The van der Waals surface area contributed by atoms with Crippen molar-refractivity contribution in [1.29, 1.82) is 0 Å². The van der Waals surface area contributed by atoms with Crippen molar-refractivity contribution in [3.05, 3.63) is 28.7 Å².